The van der Waals surface area contributed by atoms with Crippen LogP contribution in [0.1, 0.15) is 5.56 Å². The Morgan fingerprint density at radius 1 is 1.40 bits per heavy atom. The van der Waals surface area contributed by atoms with Crippen LogP contribution in [0.3, 0.4) is 0 Å². The molecule has 1 aromatic rings. The van der Waals surface area contributed by atoms with E-state index in [4.69, 9.17) is 11.6 Å². The smallest absolute Gasteiger partial charge is 0.293 e. The molecule has 0 radical (unpaired) electrons. The number of ether oxygens (including phenoxy) is 1. The third kappa shape index (κ3) is 3.53. The predicted octanol–water partition coefficient (Wildman–Crippen LogP) is 1.42. The van der Waals surface area contributed by atoms with Gasteiger partial charge in [0.2, 0.25) is 0 Å². The van der Waals surface area contributed by atoms with Crippen LogP contribution in [0.2, 0.25) is 5.02 Å². The first-order valence-electron chi connectivity index (χ1n) is 3.98. The van der Waals surface area contributed by atoms with Crippen molar-refractivity contribution in [3.8, 4) is 0 Å². The summed E-state index contributed by atoms with van der Waals surface area (Å²) in [5.41, 5.74) is 0.537. The summed E-state index contributed by atoms with van der Waals surface area (Å²) in [6.45, 7) is 0.299. The number of carbonyl (C=O) groups excluding carboxylic acids is 1. The monoisotopic (exact) mass is 248 g/mol. The SMILES string of the molecule is CS(=O)(=O)c1cc(Cl)cc(COC=O)c1. The molecular weight excluding hydrogens is 240 g/mol. The van der Waals surface area contributed by atoms with Gasteiger partial charge in [0, 0.05) is 11.3 Å². The van der Waals surface area contributed by atoms with Crippen LogP contribution in [0.5, 0.6) is 0 Å². The van der Waals surface area contributed by atoms with Crippen LogP contribution < -0.4 is 0 Å². The highest BCUT2D eigenvalue weighted by Crippen LogP contribution is 2.19. The van der Waals surface area contributed by atoms with Crippen LogP contribution in [0, 0.1) is 0 Å². The minimum absolute atomic E-state index is 0.00653. The summed E-state index contributed by atoms with van der Waals surface area (Å²) in [6, 6.07) is 4.31. The van der Waals surface area contributed by atoms with Crippen LogP contribution in [0.15, 0.2) is 23.1 Å². The van der Waals surface area contributed by atoms with Crippen LogP contribution >= 0.6 is 11.6 Å². The van der Waals surface area contributed by atoms with Gasteiger partial charge in [0.05, 0.1) is 4.90 Å². The molecule has 0 saturated carbocycles. The van der Waals surface area contributed by atoms with Crippen molar-refractivity contribution >= 4 is 27.9 Å². The van der Waals surface area contributed by atoms with Gasteiger partial charge in [-0.05, 0) is 23.8 Å². The zero-order valence-corrected chi connectivity index (χ0v) is 9.51. The molecule has 4 nitrogen and oxygen atoms in total. The Kier molecular flexibility index (Phi) is 3.71. The molecule has 0 aliphatic carbocycles. The van der Waals surface area contributed by atoms with E-state index >= 15 is 0 Å². The van der Waals surface area contributed by atoms with E-state index in [1.54, 1.807) is 6.07 Å². The van der Waals surface area contributed by atoms with E-state index in [1.165, 1.54) is 12.1 Å². The molecule has 15 heavy (non-hydrogen) atoms. The van der Waals surface area contributed by atoms with Crippen molar-refractivity contribution in [2.45, 2.75) is 11.5 Å². The molecule has 0 N–H and O–H groups in total. The lowest BCUT2D eigenvalue weighted by Crippen LogP contribution is -1.99. The second-order valence-electron chi connectivity index (χ2n) is 2.97. The van der Waals surface area contributed by atoms with Crippen LogP contribution in [0.25, 0.3) is 0 Å². The van der Waals surface area contributed by atoms with Gasteiger partial charge in [-0.2, -0.15) is 0 Å². The van der Waals surface area contributed by atoms with E-state index in [1.807, 2.05) is 0 Å². The third-order valence-electron chi connectivity index (χ3n) is 1.68. The van der Waals surface area contributed by atoms with Gasteiger partial charge < -0.3 is 4.74 Å². The Morgan fingerprint density at radius 3 is 2.60 bits per heavy atom. The molecular formula is C9H9ClO4S. The van der Waals surface area contributed by atoms with Gasteiger partial charge in [0.25, 0.3) is 6.47 Å². The molecule has 0 unspecified atom stereocenters. The lowest BCUT2D eigenvalue weighted by Gasteiger charge is -2.04. The van der Waals surface area contributed by atoms with Gasteiger partial charge >= 0.3 is 0 Å². The normalized spacial score (nSPS) is 11.1. The second-order valence-corrected chi connectivity index (χ2v) is 5.43. The predicted molar refractivity (Wildman–Crippen MR) is 55.4 cm³/mol. The van der Waals surface area contributed by atoms with Crippen LogP contribution in [0.4, 0.5) is 0 Å². The molecule has 0 heterocycles. The number of hydrogen-bond donors (Lipinski definition) is 0. The van der Waals surface area contributed by atoms with E-state index in [0.717, 1.165) is 6.26 Å². The Hall–Kier alpha value is -1.07. The van der Waals surface area contributed by atoms with Gasteiger partial charge in [-0.25, -0.2) is 8.42 Å². The molecule has 0 amide bonds. The topological polar surface area (TPSA) is 60.4 Å². The van der Waals surface area contributed by atoms with Gasteiger partial charge in [-0.15, -0.1) is 0 Å². The molecule has 0 aromatic heterocycles. The zero-order chi connectivity index (χ0) is 11.5. The van der Waals surface area contributed by atoms with Crippen molar-refractivity contribution in [3.05, 3.63) is 28.8 Å². The van der Waals surface area contributed by atoms with E-state index < -0.39 is 9.84 Å². The number of benzene rings is 1. The van der Waals surface area contributed by atoms with E-state index in [9.17, 15) is 13.2 Å². The zero-order valence-electron chi connectivity index (χ0n) is 7.94. The summed E-state index contributed by atoms with van der Waals surface area (Å²) in [5, 5.41) is 0.294. The average molecular weight is 249 g/mol. The number of carbonyl (C=O) groups is 1. The first kappa shape index (κ1) is 12.0. The first-order chi connectivity index (χ1) is 6.93. The standard InChI is InChI=1S/C9H9ClO4S/c1-15(12,13)9-3-7(5-14-6-11)2-8(10)4-9/h2-4,6H,5H2,1H3. The highest BCUT2D eigenvalue weighted by atomic mass is 35.5. The Balaban J connectivity index is 3.11. The highest BCUT2D eigenvalue weighted by molar-refractivity contribution is 7.90. The summed E-state index contributed by atoms with van der Waals surface area (Å²) in [6.07, 6.45) is 1.09. The second kappa shape index (κ2) is 4.63. The molecule has 0 aliphatic heterocycles. The molecule has 0 spiro atoms. The molecule has 6 heteroatoms. The highest BCUT2D eigenvalue weighted by Gasteiger charge is 2.09. The number of rotatable bonds is 4. The summed E-state index contributed by atoms with van der Waals surface area (Å²) in [5.74, 6) is 0. The Labute approximate surface area is 92.7 Å². The average Bonchev–Trinajstić information content (AvgIpc) is 2.12. The number of halogens is 1. The fraction of sp³-hybridized carbons (Fsp3) is 0.222. The maximum absolute atomic E-state index is 11.2. The molecule has 0 fully saturated rings. The van der Waals surface area contributed by atoms with Crippen molar-refractivity contribution in [1.82, 2.24) is 0 Å². The molecule has 82 valence electrons. The Bertz CT molecular complexity index is 467. The summed E-state index contributed by atoms with van der Waals surface area (Å²) in [7, 11) is -3.30. The number of hydrogen-bond acceptors (Lipinski definition) is 4. The lowest BCUT2D eigenvalue weighted by molar-refractivity contribution is -0.129. The largest absolute Gasteiger partial charge is 0.463 e. The van der Waals surface area contributed by atoms with Crippen LogP contribution in [-0.4, -0.2) is 21.1 Å². The van der Waals surface area contributed by atoms with E-state index in [2.05, 4.69) is 4.74 Å². The van der Waals surface area contributed by atoms with Gasteiger partial charge in [0.15, 0.2) is 9.84 Å². The molecule has 1 rings (SSSR count). The third-order valence-corrected chi connectivity index (χ3v) is 2.99. The Morgan fingerprint density at radius 2 is 2.07 bits per heavy atom. The molecule has 0 aliphatic rings. The minimum Gasteiger partial charge on any atom is -0.463 e. The lowest BCUT2D eigenvalue weighted by atomic mass is 10.2. The minimum atomic E-state index is -3.30. The van der Waals surface area contributed by atoms with Crippen molar-refractivity contribution < 1.29 is 17.9 Å². The van der Waals surface area contributed by atoms with E-state index in [0.29, 0.717) is 17.1 Å². The maximum Gasteiger partial charge on any atom is 0.293 e. The van der Waals surface area contributed by atoms with Gasteiger partial charge in [0.1, 0.15) is 6.61 Å². The first-order valence-corrected chi connectivity index (χ1v) is 6.25. The number of sulfone groups is 1. The molecule has 0 atom stereocenters. The van der Waals surface area contributed by atoms with Crippen molar-refractivity contribution in [3.63, 3.8) is 0 Å². The van der Waals surface area contributed by atoms with E-state index in [-0.39, 0.29) is 11.5 Å². The quantitative estimate of drug-likeness (QED) is 0.756. The van der Waals surface area contributed by atoms with Crippen molar-refractivity contribution in [2.75, 3.05) is 6.26 Å². The fourth-order valence-electron chi connectivity index (χ4n) is 1.05. The molecule has 0 bridgehead atoms. The molecule has 1 aromatic carbocycles. The van der Waals surface area contributed by atoms with Gasteiger partial charge in [-0.3, -0.25) is 4.79 Å². The van der Waals surface area contributed by atoms with Crippen molar-refractivity contribution in [2.24, 2.45) is 0 Å². The van der Waals surface area contributed by atoms with Crippen LogP contribution in [-0.2, 0) is 26.0 Å². The van der Waals surface area contributed by atoms with Gasteiger partial charge in [-0.1, -0.05) is 11.6 Å². The van der Waals surface area contributed by atoms with Crippen molar-refractivity contribution in [1.29, 1.82) is 0 Å². The maximum atomic E-state index is 11.2. The molecule has 0 saturated heterocycles. The summed E-state index contributed by atoms with van der Waals surface area (Å²) in [4.78, 5) is 10.1. The summed E-state index contributed by atoms with van der Waals surface area (Å²) < 4.78 is 27.0. The fourth-order valence-corrected chi connectivity index (χ4v) is 2.08. The summed E-state index contributed by atoms with van der Waals surface area (Å²) >= 11 is 5.73.